The summed E-state index contributed by atoms with van der Waals surface area (Å²) in [7, 11) is 0. The van der Waals surface area contributed by atoms with E-state index in [4.69, 9.17) is 18.0 Å². The zero-order chi connectivity index (χ0) is 12.5. The van der Waals surface area contributed by atoms with Crippen molar-refractivity contribution in [2.24, 2.45) is 11.1 Å². The maximum atomic E-state index is 5.76. The molecule has 3 N–H and O–H groups in total. The molecule has 0 bridgehead atoms. The molecule has 1 aromatic rings. The van der Waals surface area contributed by atoms with Gasteiger partial charge in [-0.05, 0) is 37.3 Å². The van der Waals surface area contributed by atoms with E-state index in [9.17, 15) is 0 Å². The van der Waals surface area contributed by atoms with Crippen molar-refractivity contribution in [1.82, 2.24) is 0 Å². The number of rotatable bonds is 4. The first-order valence-electron chi connectivity index (χ1n) is 6.15. The molecule has 0 saturated heterocycles. The summed E-state index contributed by atoms with van der Waals surface area (Å²) in [4.78, 5) is 0.468. The molecule has 0 heterocycles. The number of thiocarbonyl (C=S) groups is 1. The topological polar surface area (TPSA) is 38.0 Å². The second-order valence-corrected chi connectivity index (χ2v) is 5.87. The van der Waals surface area contributed by atoms with Crippen molar-refractivity contribution >= 4 is 22.9 Å². The molecule has 1 aromatic carbocycles. The normalized spacial score (nSPS) is 17.3. The zero-order valence-electron chi connectivity index (χ0n) is 10.5. The molecule has 0 radical (unpaired) electrons. The molecule has 0 unspecified atom stereocenters. The minimum Gasteiger partial charge on any atom is -0.389 e. The lowest BCUT2D eigenvalue weighted by Gasteiger charge is -2.38. The lowest BCUT2D eigenvalue weighted by atomic mass is 9.70. The molecule has 0 aliphatic heterocycles. The van der Waals surface area contributed by atoms with Crippen LogP contribution in [0.4, 0.5) is 5.69 Å². The van der Waals surface area contributed by atoms with Gasteiger partial charge < -0.3 is 11.1 Å². The molecule has 1 aliphatic rings. The van der Waals surface area contributed by atoms with Crippen LogP contribution in [-0.2, 0) is 0 Å². The fourth-order valence-electron chi connectivity index (χ4n) is 2.28. The summed E-state index contributed by atoms with van der Waals surface area (Å²) in [6.07, 6.45) is 3.98. The van der Waals surface area contributed by atoms with E-state index in [0.29, 0.717) is 10.4 Å². The highest BCUT2D eigenvalue weighted by atomic mass is 32.1. The summed E-state index contributed by atoms with van der Waals surface area (Å²) in [5.74, 6) is 0. The van der Waals surface area contributed by atoms with Gasteiger partial charge in [-0.25, -0.2) is 0 Å². The van der Waals surface area contributed by atoms with Crippen molar-refractivity contribution in [3.63, 3.8) is 0 Å². The van der Waals surface area contributed by atoms with Gasteiger partial charge in [0.25, 0.3) is 0 Å². The number of aryl methyl sites for hydroxylation is 1. The Morgan fingerprint density at radius 1 is 1.47 bits per heavy atom. The molecule has 17 heavy (non-hydrogen) atoms. The van der Waals surface area contributed by atoms with Crippen LogP contribution in [-0.4, -0.2) is 11.5 Å². The Labute approximate surface area is 109 Å². The Morgan fingerprint density at radius 2 is 2.18 bits per heavy atom. The third-order valence-corrected chi connectivity index (χ3v) is 3.93. The maximum Gasteiger partial charge on any atom is 0.106 e. The van der Waals surface area contributed by atoms with Crippen LogP contribution in [0.2, 0.25) is 0 Å². The summed E-state index contributed by atoms with van der Waals surface area (Å²) in [6, 6.07) is 6.22. The first kappa shape index (κ1) is 12.4. The number of nitrogens with one attached hydrogen (secondary N) is 1. The van der Waals surface area contributed by atoms with Crippen molar-refractivity contribution in [2.75, 3.05) is 11.9 Å². The van der Waals surface area contributed by atoms with Gasteiger partial charge in [0, 0.05) is 17.8 Å². The average molecular weight is 248 g/mol. The first-order chi connectivity index (χ1) is 8.00. The van der Waals surface area contributed by atoms with E-state index in [1.807, 2.05) is 6.07 Å². The van der Waals surface area contributed by atoms with Crippen molar-refractivity contribution in [1.29, 1.82) is 0 Å². The Bertz CT molecular complexity index is 436. The molecule has 92 valence electrons. The number of hydrogen-bond acceptors (Lipinski definition) is 2. The van der Waals surface area contributed by atoms with E-state index in [1.165, 1.54) is 24.8 Å². The number of hydrogen-bond donors (Lipinski definition) is 2. The van der Waals surface area contributed by atoms with Crippen LogP contribution in [0.3, 0.4) is 0 Å². The Kier molecular flexibility index (Phi) is 3.38. The Morgan fingerprint density at radius 3 is 2.71 bits per heavy atom. The molecule has 1 aliphatic carbocycles. The maximum absolute atomic E-state index is 5.76. The molecule has 1 fully saturated rings. The Hall–Kier alpha value is -1.09. The largest absolute Gasteiger partial charge is 0.389 e. The first-order valence-corrected chi connectivity index (χ1v) is 6.55. The minimum absolute atomic E-state index is 0.457. The van der Waals surface area contributed by atoms with Gasteiger partial charge in [0.1, 0.15) is 4.99 Å². The summed E-state index contributed by atoms with van der Waals surface area (Å²) >= 11 is 5.10. The molecule has 3 heteroatoms. The van der Waals surface area contributed by atoms with Gasteiger partial charge in [0.05, 0.1) is 0 Å². The van der Waals surface area contributed by atoms with Gasteiger partial charge in [-0.3, -0.25) is 0 Å². The van der Waals surface area contributed by atoms with Crippen LogP contribution in [0.25, 0.3) is 0 Å². The van der Waals surface area contributed by atoms with E-state index in [2.05, 4.69) is 31.3 Å². The highest BCUT2D eigenvalue weighted by molar-refractivity contribution is 7.80. The fourth-order valence-corrected chi connectivity index (χ4v) is 2.45. The minimum atomic E-state index is 0.457. The van der Waals surface area contributed by atoms with Crippen LogP contribution >= 0.6 is 12.2 Å². The van der Waals surface area contributed by atoms with Gasteiger partial charge in [-0.15, -0.1) is 0 Å². The average Bonchev–Trinajstić information content (AvgIpc) is 2.24. The highest BCUT2D eigenvalue weighted by Gasteiger charge is 2.31. The molecular formula is C14H20N2S. The second-order valence-electron chi connectivity index (χ2n) is 5.43. The van der Waals surface area contributed by atoms with Crippen molar-refractivity contribution in [3.8, 4) is 0 Å². The second kappa shape index (κ2) is 4.65. The van der Waals surface area contributed by atoms with Gasteiger partial charge in [-0.1, -0.05) is 37.2 Å². The smallest absolute Gasteiger partial charge is 0.106 e. The summed E-state index contributed by atoms with van der Waals surface area (Å²) in [5, 5.41) is 3.50. The molecular weight excluding hydrogens is 228 g/mol. The van der Waals surface area contributed by atoms with Gasteiger partial charge in [-0.2, -0.15) is 0 Å². The van der Waals surface area contributed by atoms with Crippen molar-refractivity contribution < 1.29 is 0 Å². The molecule has 0 amide bonds. The molecule has 2 rings (SSSR count). The third-order valence-electron chi connectivity index (χ3n) is 3.71. The summed E-state index contributed by atoms with van der Waals surface area (Å²) in [5.41, 5.74) is 9.43. The van der Waals surface area contributed by atoms with Gasteiger partial charge in [0.15, 0.2) is 0 Å². The van der Waals surface area contributed by atoms with Crippen molar-refractivity contribution in [3.05, 3.63) is 29.3 Å². The van der Waals surface area contributed by atoms with Crippen LogP contribution in [0.15, 0.2) is 18.2 Å². The molecule has 1 saturated carbocycles. The van der Waals surface area contributed by atoms with Gasteiger partial charge >= 0.3 is 0 Å². The third kappa shape index (κ3) is 2.78. The SMILES string of the molecule is Cc1ccc(NCC2(C)CCC2)c(C(N)=S)c1. The number of nitrogens with two attached hydrogens (primary N) is 1. The standard InChI is InChI=1S/C14H20N2S/c1-10-4-5-12(11(8-10)13(15)17)16-9-14(2)6-3-7-14/h4-5,8,16H,3,6-7,9H2,1-2H3,(H2,15,17). The van der Waals surface area contributed by atoms with Crippen LogP contribution in [0, 0.1) is 12.3 Å². The van der Waals surface area contributed by atoms with Gasteiger partial charge in [0.2, 0.25) is 0 Å². The fraction of sp³-hybridized carbons (Fsp3) is 0.500. The summed E-state index contributed by atoms with van der Waals surface area (Å²) in [6.45, 7) is 5.39. The van der Waals surface area contributed by atoms with Crippen molar-refractivity contribution in [2.45, 2.75) is 33.1 Å². The molecule has 0 aromatic heterocycles. The van der Waals surface area contributed by atoms with E-state index in [-0.39, 0.29) is 0 Å². The predicted octanol–water partition coefficient (Wildman–Crippen LogP) is 3.23. The lowest BCUT2D eigenvalue weighted by molar-refractivity contribution is 0.180. The van der Waals surface area contributed by atoms with Crippen LogP contribution in [0.5, 0.6) is 0 Å². The van der Waals surface area contributed by atoms with E-state index in [0.717, 1.165) is 17.8 Å². The quantitative estimate of drug-likeness (QED) is 0.803. The zero-order valence-corrected chi connectivity index (χ0v) is 11.4. The molecule has 0 atom stereocenters. The highest BCUT2D eigenvalue weighted by Crippen LogP contribution is 2.40. The Balaban J connectivity index is 2.12. The number of anilines is 1. The van der Waals surface area contributed by atoms with Crippen LogP contribution < -0.4 is 11.1 Å². The van der Waals surface area contributed by atoms with E-state index >= 15 is 0 Å². The summed E-state index contributed by atoms with van der Waals surface area (Å²) < 4.78 is 0. The molecule has 0 spiro atoms. The van der Waals surface area contributed by atoms with E-state index < -0.39 is 0 Å². The predicted molar refractivity (Wildman–Crippen MR) is 77.5 cm³/mol. The molecule has 2 nitrogen and oxygen atoms in total. The van der Waals surface area contributed by atoms with E-state index in [1.54, 1.807) is 0 Å². The number of benzene rings is 1. The van der Waals surface area contributed by atoms with Crippen LogP contribution in [0.1, 0.15) is 37.3 Å². The lowest BCUT2D eigenvalue weighted by Crippen LogP contribution is -2.33. The monoisotopic (exact) mass is 248 g/mol.